The maximum Gasteiger partial charge on any atom is 0.404 e. The fraction of sp³-hybridized carbons (Fsp3) is 0.429. The molecule has 32 heavy (non-hydrogen) atoms. The molecule has 0 spiro atoms. The molecule has 3 aliphatic heterocycles. The highest BCUT2D eigenvalue weighted by atomic mass is 16.6. The van der Waals surface area contributed by atoms with Crippen molar-refractivity contribution in [3.8, 4) is 5.88 Å². The number of anilines is 1. The molecule has 1 amide bonds. The molecule has 0 bridgehead atoms. The standard InChI is InChI=1S/C21H23N5O6/c1-9-15(24-10-4-5-13(30-2)23-6-10)18(28)14-11(8-32-20(22)29)21(31-3)19-12(25-19)7-26(21)16(14)17(9)27/h4-6,11-12,19,24-25H,7-8H2,1-3H3,(H2,22,29)/t11-,12+,19+,21?/m0/s1. The number of Topliss-reactive ketones (excluding diaryl/α,β-unsaturated/α-hetero) is 2. The van der Waals surface area contributed by atoms with Gasteiger partial charge in [0.2, 0.25) is 17.4 Å². The van der Waals surface area contributed by atoms with Crippen molar-refractivity contribution in [2.45, 2.75) is 24.7 Å². The first-order chi connectivity index (χ1) is 15.3. The minimum absolute atomic E-state index is 0.0947. The Hall–Kier alpha value is -3.44. The van der Waals surface area contributed by atoms with Gasteiger partial charge in [-0.2, -0.15) is 0 Å². The normalized spacial score (nSPS) is 30.2. The monoisotopic (exact) mass is 441 g/mol. The van der Waals surface area contributed by atoms with Crippen LogP contribution in [0.5, 0.6) is 5.88 Å². The number of nitrogens with zero attached hydrogens (tertiary/aromatic N) is 2. The minimum Gasteiger partial charge on any atom is -0.481 e. The van der Waals surface area contributed by atoms with Gasteiger partial charge in [0.15, 0.2) is 5.72 Å². The smallest absolute Gasteiger partial charge is 0.404 e. The van der Waals surface area contributed by atoms with Crippen LogP contribution >= 0.6 is 0 Å². The average Bonchev–Trinajstić information content (AvgIpc) is 3.40. The molecule has 11 nitrogen and oxygen atoms in total. The molecule has 4 atom stereocenters. The predicted molar refractivity (Wildman–Crippen MR) is 110 cm³/mol. The Morgan fingerprint density at radius 2 is 2.12 bits per heavy atom. The lowest BCUT2D eigenvalue weighted by molar-refractivity contribution is -0.137. The van der Waals surface area contributed by atoms with E-state index in [1.807, 2.05) is 4.90 Å². The van der Waals surface area contributed by atoms with Crippen molar-refractivity contribution < 1.29 is 28.6 Å². The van der Waals surface area contributed by atoms with Gasteiger partial charge >= 0.3 is 6.09 Å². The molecule has 11 heteroatoms. The number of rotatable bonds is 6. The van der Waals surface area contributed by atoms with Crippen molar-refractivity contribution in [2.75, 3.05) is 32.7 Å². The summed E-state index contributed by atoms with van der Waals surface area (Å²) in [6.45, 7) is 1.95. The molecule has 1 unspecified atom stereocenters. The van der Waals surface area contributed by atoms with Gasteiger partial charge in [-0.3, -0.25) is 9.59 Å². The summed E-state index contributed by atoms with van der Waals surface area (Å²) in [7, 11) is 3.04. The Labute approximate surface area is 183 Å². The Bertz CT molecular complexity index is 1100. The van der Waals surface area contributed by atoms with Gasteiger partial charge in [-0.1, -0.05) is 0 Å². The number of ether oxygens (including phenoxy) is 3. The Morgan fingerprint density at radius 3 is 2.75 bits per heavy atom. The second-order valence-electron chi connectivity index (χ2n) is 8.13. The van der Waals surface area contributed by atoms with Gasteiger partial charge < -0.3 is 35.5 Å². The molecule has 4 heterocycles. The number of hydrogen-bond acceptors (Lipinski definition) is 10. The van der Waals surface area contributed by atoms with Crippen molar-refractivity contribution in [2.24, 2.45) is 11.7 Å². The number of carbonyl (C=O) groups is 3. The molecule has 2 saturated heterocycles. The van der Waals surface area contributed by atoms with Gasteiger partial charge in [0.1, 0.15) is 6.61 Å². The van der Waals surface area contributed by atoms with E-state index in [0.29, 0.717) is 29.4 Å². The molecular weight excluding hydrogens is 418 g/mol. The van der Waals surface area contributed by atoms with Gasteiger partial charge in [-0.25, -0.2) is 9.78 Å². The maximum absolute atomic E-state index is 13.7. The molecule has 0 radical (unpaired) electrons. The van der Waals surface area contributed by atoms with Gasteiger partial charge in [-0.05, 0) is 13.0 Å². The molecule has 5 rings (SSSR count). The summed E-state index contributed by atoms with van der Waals surface area (Å²) in [6, 6.07) is 3.38. The zero-order chi connectivity index (χ0) is 22.8. The van der Waals surface area contributed by atoms with Crippen LogP contribution in [0.4, 0.5) is 10.5 Å². The van der Waals surface area contributed by atoms with Crippen LogP contribution in [0.1, 0.15) is 6.92 Å². The maximum atomic E-state index is 13.7. The summed E-state index contributed by atoms with van der Waals surface area (Å²) in [4.78, 5) is 44.5. The third kappa shape index (κ3) is 2.67. The van der Waals surface area contributed by atoms with E-state index in [-0.39, 0.29) is 41.5 Å². The van der Waals surface area contributed by atoms with E-state index in [1.54, 1.807) is 19.1 Å². The molecule has 1 aromatic rings. The van der Waals surface area contributed by atoms with E-state index in [4.69, 9.17) is 19.9 Å². The van der Waals surface area contributed by atoms with Gasteiger partial charge in [0, 0.05) is 36.9 Å². The van der Waals surface area contributed by atoms with Crippen molar-refractivity contribution in [3.63, 3.8) is 0 Å². The second kappa shape index (κ2) is 7.04. The van der Waals surface area contributed by atoms with Crippen LogP contribution in [0.25, 0.3) is 0 Å². The largest absolute Gasteiger partial charge is 0.481 e. The van der Waals surface area contributed by atoms with Crippen LogP contribution in [0.2, 0.25) is 0 Å². The van der Waals surface area contributed by atoms with E-state index < -0.39 is 17.7 Å². The molecular formula is C21H23N5O6. The number of fused-ring (bicyclic) bond motifs is 4. The number of ketones is 2. The third-order valence-electron chi connectivity index (χ3n) is 6.64. The Kier molecular flexibility index (Phi) is 4.50. The van der Waals surface area contributed by atoms with Crippen molar-refractivity contribution in [1.29, 1.82) is 0 Å². The molecule has 1 aromatic heterocycles. The molecule has 0 saturated carbocycles. The van der Waals surface area contributed by atoms with Crippen LogP contribution in [0.3, 0.4) is 0 Å². The molecule has 0 aromatic carbocycles. The number of allylic oxidation sites excluding steroid dienone is 2. The van der Waals surface area contributed by atoms with Crippen LogP contribution in [0.15, 0.2) is 40.9 Å². The van der Waals surface area contributed by atoms with Gasteiger partial charge in [0.25, 0.3) is 0 Å². The lowest BCUT2D eigenvalue weighted by Gasteiger charge is -2.39. The number of amides is 1. The Balaban J connectivity index is 1.54. The number of pyridine rings is 1. The van der Waals surface area contributed by atoms with Crippen LogP contribution in [-0.4, -0.2) is 72.7 Å². The summed E-state index contributed by atoms with van der Waals surface area (Å²) in [5, 5.41) is 6.35. The van der Waals surface area contributed by atoms with Crippen molar-refractivity contribution in [1.82, 2.24) is 15.2 Å². The zero-order valence-electron chi connectivity index (χ0n) is 17.8. The first kappa shape index (κ1) is 20.5. The van der Waals surface area contributed by atoms with E-state index in [1.165, 1.54) is 20.4 Å². The van der Waals surface area contributed by atoms with E-state index in [0.717, 1.165) is 0 Å². The number of aromatic nitrogens is 1. The topological polar surface area (TPSA) is 155 Å². The molecule has 4 aliphatic rings. The van der Waals surface area contributed by atoms with Gasteiger partial charge in [-0.15, -0.1) is 0 Å². The number of carbonyl (C=O) groups excluding carboxylic acids is 3. The first-order valence-corrected chi connectivity index (χ1v) is 10.2. The summed E-state index contributed by atoms with van der Waals surface area (Å²) >= 11 is 0. The summed E-state index contributed by atoms with van der Waals surface area (Å²) < 4.78 is 16.1. The number of piperazine rings is 1. The lowest BCUT2D eigenvalue weighted by atomic mass is 9.82. The van der Waals surface area contributed by atoms with Crippen molar-refractivity contribution >= 4 is 23.3 Å². The highest BCUT2D eigenvalue weighted by Crippen LogP contribution is 2.55. The first-order valence-electron chi connectivity index (χ1n) is 10.2. The van der Waals surface area contributed by atoms with E-state index >= 15 is 0 Å². The van der Waals surface area contributed by atoms with Crippen LogP contribution in [0, 0.1) is 5.92 Å². The van der Waals surface area contributed by atoms with Crippen molar-refractivity contribution in [3.05, 3.63) is 40.9 Å². The predicted octanol–water partition coefficient (Wildman–Crippen LogP) is -0.0942. The van der Waals surface area contributed by atoms with Crippen LogP contribution < -0.4 is 21.1 Å². The van der Waals surface area contributed by atoms with Gasteiger partial charge in [0.05, 0.1) is 42.3 Å². The zero-order valence-corrected chi connectivity index (χ0v) is 17.8. The fourth-order valence-electron chi connectivity index (χ4n) is 5.16. The highest BCUT2D eigenvalue weighted by molar-refractivity contribution is 6.26. The number of primary amides is 1. The Morgan fingerprint density at radius 1 is 1.34 bits per heavy atom. The number of hydrogen-bond donors (Lipinski definition) is 3. The fourth-order valence-corrected chi connectivity index (χ4v) is 5.16. The summed E-state index contributed by atoms with van der Waals surface area (Å²) in [5.41, 5.74) is 5.74. The quantitative estimate of drug-likeness (QED) is 0.403. The molecule has 1 aliphatic carbocycles. The van der Waals surface area contributed by atoms with Crippen LogP contribution in [-0.2, 0) is 19.1 Å². The number of methoxy groups -OCH3 is 2. The van der Waals surface area contributed by atoms with E-state index in [9.17, 15) is 14.4 Å². The third-order valence-corrected chi connectivity index (χ3v) is 6.64. The second-order valence-corrected chi connectivity index (χ2v) is 8.13. The average molecular weight is 441 g/mol. The number of nitrogens with two attached hydrogens (primary N) is 1. The molecule has 4 N–H and O–H groups in total. The summed E-state index contributed by atoms with van der Waals surface area (Å²) in [5.74, 6) is -0.886. The highest BCUT2D eigenvalue weighted by Gasteiger charge is 2.72. The SMILES string of the molecule is COc1ccc(NC2=C(C)C(=O)C3=C(C2=O)[C@H](COC(N)=O)C2(OC)[C@@H]4N[C@@H]4CN32)cn1. The minimum atomic E-state index is -1.01. The summed E-state index contributed by atoms with van der Waals surface area (Å²) in [6.07, 6.45) is 0.551. The molecule has 2 fully saturated rings. The number of nitrogens with one attached hydrogen (secondary N) is 2. The van der Waals surface area contributed by atoms with E-state index in [2.05, 4.69) is 15.6 Å². The lowest BCUT2D eigenvalue weighted by Crippen LogP contribution is -2.55. The molecule has 168 valence electrons.